The molecule has 14 heavy (non-hydrogen) atoms. The molecule has 3 heteroatoms. The van der Waals surface area contributed by atoms with Gasteiger partial charge < -0.3 is 5.73 Å². The minimum atomic E-state index is 0.567. The van der Waals surface area contributed by atoms with Crippen molar-refractivity contribution in [2.75, 3.05) is 12.3 Å². The fourth-order valence-corrected chi connectivity index (χ4v) is 1.42. The number of aromatic nitrogens is 1. The van der Waals surface area contributed by atoms with Crippen molar-refractivity contribution in [3.05, 3.63) is 23.9 Å². The van der Waals surface area contributed by atoms with Crippen molar-refractivity contribution >= 4 is 5.82 Å². The van der Waals surface area contributed by atoms with Gasteiger partial charge in [-0.25, -0.2) is 4.98 Å². The van der Waals surface area contributed by atoms with Gasteiger partial charge in [0.25, 0.3) is 0 Å². The summed E-state index contributed by atoms with van der Waals surface area (Å²) in [6.07, 6.45) is 1.85. The van der Waals surface area contributed by atoms with E-state index in [4.69, 9.17) is 5.73 Å². The maximum atomic E-state index is 5.53. The second-order valence-electron chi connectivity index (χ2n) is 3.75. The number of nitrogens with two attached hydrogens (primary N) is 1. The van der Waals surface area contributed by atoms with Gasteiger partial charge in [-0.2, -0.15) is 0 Å². The summed E-state index contributed by atoms with van der Waals surface area (Å²) in [4.78, 5) is 6.46. The second-order valence-corrected chi connectivity index (χ2v) is 3.75. The molecule has 1 heterocycles. The standard InChI is InChI=1S/C11H19N3/c1-4-14(9(2)3)8-10-5-6-11(12)13-7-10/h5-7,9H,4,8H2,1-3H3,(H2,12,13). The molecule has 0 atom stereocenters. The normalized spacial score (nSPS) is 11.2. The molecule has 0 unspecified atom stereocenters. The van der Waals surface area contributed by atoms with Crippen LogP contribution < -0.4 is 5.73 Å². The van der Waals surface area contributed by atoms with E-state index in [-0.39, 0.29) is 0 Å². The lowest BCUT2D eigenvalue weighted by Crippen LogP contribution is -2.29. The van der Waals surface area contributed by atoms with E-state index >= 15 is 0 Å². The lowest BCUT2D eigenvalue weighted by molar-refractivity contribution is 0.224. The Balaban J connectivity index is 2.63. The number of hydrogen-bond donors (Lipinski definition) is 1. The van der Waals surface area contributed by atoms with E-state index in [0.29, 0.717) is 11.9 Å². The van der Waals surface area contributed by atoms with Crippen LogP contribution in [0.2, 0.25) is 0 Å². The second kappa shape index (κ2) is 4.96. The number of rotatable bonds is 4. The molecule has 0 aromatic carbocycles. The quantitative estimate of drug-likeness (QED) is 0.794. The molecule has 0 spiro atoms. The highest BCUT2D eigenvalue weighted by Crippen LogP contribution is 2.07. The molecule has 78 valence electrons. The van der Waals surface area contributed by atoms with Crippen molar-refractivity contribution in [1.29, 1.82) is 0 Å². The van der Waals surface area contributed by atoms with Crippen molar-refractivity contribution in [3.8, 4) is 0 Å². The lowest BCUT2D eigenvalue weighted by atomic mass is 10.2. The predicted octanol–water partition coefficient (Wildman–Crippen LogP) is 1.89. The van der Waals surface area contributed by atoms with Crippen LogP contribution in [0.3, 0.4) is 0 Å². The Morgan fingerprint density at radius 1 is 1.43 bits per heavy atom. The molecule has 0 amide bonds. The molecule has 0 aliphatic heterocycles. The van der Waals surface area contributed by atoms with Crippen LogP contribution in [0.1, 0.15) is 26.3 Å². The molecule has 3 nitrogen and oxygen atoms in total. The van der Waals surface area contributed by atoms with Gasteiger partial charge in [0.2, 0.25) is 0 Å². The Bertz CT molecular complexity index is 266. The van der Waals surface area contributed by atoms with Crippen LogP contribution in [0.25, 0.3) is 0 Å². The van der Waals surface area contributed by atoms with Gasteiger partial charge in [-0.05, 0) is 32.0 Å². The monoisotopic (exact) mass is 193 g/mol. The summed E-state index contributed by atoms with van der Waals surface area (Å²) in [6, 6.07) is 4.45. The summed E-state index contributed by atoms with van der Waals surface area (Å²) < 4.78 is 0. The number of pyridine rings is 1. The number of hydrogen-bond acceptors (Lipinski definition) is 3. The van der Waals surface area contributed by atoms with Gasteiger partial charge in [-0.3, -0.25) is 4.90 Å². The van der Waals surface area contributed by atoms with Crippen molar-refractivity contribution in [1.82, 2.24) is 9.88 Å². The summed E-state index contributed by atoms with van der Waals surface area (Å²) in [5.41, 5.74) is 6.74. The van der Waals surface area contributed by atoms with Crippen molar-refractivity contribution < 1.29 is 0 Å². The molecular formula is C11H19N3. The molecule has 0 saturated heterocycles. The van der Waals surface area contributed by atoms with E-state index in [9.17, 15) is 0 Å². The average Bonchev–Trinajstić information content (AvgIpc) is 2.16. The van der Waals surface area contributed by atoms with E-state index in [2.05, 4.69) is 30.7 Å². The first-order chi connectivity index (χ1) is 6.63. The third-order valence-corrected chi connectivity index (χ3v) is 2.37. The van der Waals surface area contributed by atoms with Gasteiger partial charge >= 0.3 is 0 Å². The van der Waals surface area contributed by atoms with Gasteiger partial charge in [-0.15, -0.1) is 0 Å². The van der Waals surface area contributed by atoms with Gasteiger partial charge in [0.15, 0.2) is 0 Å². The lowest BCUT2D eigenvalue weighted by Gasteiger charge is -2.24. The van der Waals surface area contributed by atoms with E-state index < -0.39 is 0 Å². The van der Waals surface area contributed by atoms with Gasteiger partial charge in [0, 0.05) is 18.8 Å². The molecule has 0 fully saturated rings. The zero-order valence-electron chi connectivity index (χ0n) is 9.20. The fraction of sp³-hybridized carbons (Fsp3) is 0.545. The minimum Gasteiger partial charge on any atom is -0.384 e. The molecule has 0 aliphatic carbocycles. The van der Waals surface area contributed by atoms with E-state index in [1.807, 2.05) is 18.3 Å². The third kappa shape index (κ3) is 3.00. The summed E-state index contributed by atoms with van der Waals surface area (Å²) in [5, 5.41) is 0. The van der Waals surface area contributed by atoms with Crippen LogP contribution in [0.4, 0.5) is 5.82 Å². The highest BCUT2D eigenvalue weighted by Gasteiger charge is 2.07. The van der Waals surface area contributed by atoms with Crippen LogP contribution >= 0.6 is 0 Å². The third-order valence-electron chi connectivity index (χ3n) is 2.37. The molecule has 1 aromatic heterocycles. The predicted molar refractivity (Wildman–Crippen MR) is 59.9 cm³/mol. The highest BCUT2D eigenvalue weighted by molar-refractivity contribution is 5.29. The topological polar surface area (TPSA) is 42.1 Å². The Morgan fingerprint density at radius 3 is 2.57 bits per heavy atom. The zero-order valence-corrected chi connectivity index (χ0v) is 9.20. The van der Waals surface area contributed by atoms with E-state index in [0.717, 1.165) is 13.1 Å². The molecule has 0 radical (unpaired) electrons. The number of anilines is 1. The first-order valence-corrected chi connectivity index (χ1v) is 5.08. The summed E-state index contributed by atoms with van der Waals surface area (Å²) >= 11 is 0. The van der Waals surface area contributed by atoms with Gasteiger partial charge in [0.05, 0.1) is 0 Å². The molecule has 0 saturated carbocycles. The summed E-state index contributed by atoms with van der Waals surface area (Å²) in [5.74, 6) is 0.585. The van der Waals surface area contributed by atoms with Crippen molar-refractivity contribution in [2.45, 2.75) is 33.4 Å². The van der Waals surface area contributed by atoms with Crippen LogP contribution in [0.5, 0.6) is 0 Å². The summed E-state index contributed by atoms with van der Waals surface area (Å²) in [7, 11) is 0. The number of nitrogen functional groups attached to an aromatic ring is 1. The van der Waals surface area contributed by atoms with E-state index in [1.54, 1.807) is 0 Å². The molecule has 2 N–H and O–H groups in total. The van der Waals surface area contributed by atoms with Crippen LogP contribution in [0, 0.1) is 0 Å². The minimum absolute atomic E-state index is 0.567. The Kier molecular flexibility index (Phi) is 3.89. The first-order valence-electron chi connectivity index (χ1n) is 5.08. The van der Waals surface area contributed by atoms with Gasteiger partial charge in [-0.1, -0.05) is 13.0 Å². The maximum absolute atomic E-state index is 5.53. The van der Waals surface area contributed by atoms with E-state index in [1.165, 1.54) is 5.56 Å². The molecular weight excluding hydrogens is 174 g/mol. The molecule has 0 bridgehead atoms. The maximum Gasteiger partial charge on any atom is 0.123 e. The van der Waals surface area contributed by atoms with Gasteiger partial charge in [0.1, 0.15) is 5.82 Å². The highest BCUT2D eigenvalue weighted by atomic mass is 15.1. The Morgan fingerprint density at radius 2 is 2.14 bits per heavy atom. The van der Waals surface area contributed by atoms with Crippen LogP contribution in [-0.4, -0.2) is 22.5 Å². The molecule has 1 rings (SSSR count). The molecule has 1 aromatic rings. The SMILES string of the molecule is CCN(Cc1ccc(N)nc1)C(C)C. The first kappa shape index (κ1) is 11.0. The number of nitrogens with zero attached hydrogens (tertiary/aromatic N) is 2. The van der Waals surface area contributed by atoms with Crippen LogP contribution in [-0.2, 0) is 6.54 Å². The fourth-order valence-electron chi connectivity index (χ4n) is 1.42. The van der Waals surface area contributed by atoms with Crippen LogP contribution in [0.15, 0.2) is 18.3 Å². The van der Waals surface area contributed by atoms with Crippen molar-refractivity contribution in [3.63, 3.8) is 0 Å². The Labute approximate surface area is 85.9 Å². The smallest absolute Gasteiger partial charge is 0.123 e. The Hall–Kier alpha value is -1.09. The summed E-state index contributed by atoms with van der Waals surface area (Å²) in [6.45, 7) is 8.58. The average molecular weight is 193 g/mol. The largest absolute Gasteiger partial charge is 0.384 e. The zero-order chi connectivity index (χ0) is 10.6. The van der Waals surface area contributed by atoms with Crippen molar-refractivity contribution in [2.24, 2.45) is 0 Å². The molecule has 0 aliphatic rings.